The Bertz CT molecular complexity index is 180. The number of ether oxygens (including phenoxy) is 2. The highest BCUT2D eigenvalue weighted by atomic mass is 16.7. The smallest absolute Gasteiger partial charge is 0.193 e. The molecular formula is C10H21NO3. The van der Waals surface area contributed by atoms with Crippen LogP contribution in [-0.2, 0) is 9.47 Å². The molecule has 1 atom stereocenters. The highest BCUT2D eigenvalue weighted by molar-refractivity contribution is 4.98. The monoisotopic (exact) mass is 203 g/mol. The van der Waals surface area contributed by atoms with Crippen LogP contribution < -0.4 is 0 Å². The Hall–Kier alpha value is -0.160. The molecule has 0 spiro atoms. The summed E-state index contributed by atoms with van der Waals surface area (Å²) in [7, 11) is 3.31. The molecule has 4 heteroatoms. The van der Waals surface area contributed by atoms with Crippen molar-refractivity contribution in [2.75, 3.05) is 33.9 Å². The van der Waals surface area contributed by atoms with Crippen LogP contribution in [0.5, 0.6) is 0 Å². The van der Waals surface area contributed by atoms with Crippen LogP contribution in [0, 0.1) is 0 Å². The van der Waals surface area contributed by atoms with Gasteiger partial charge in [-0.05, 0) is 13.3 Å². The van der Waals surface area contributed by atoms with Gasteiger partial charge in [0, 0.05) is 19.8 Å². The van der Waals surface area contributed by atoms with Crippen LogP contribution in [0.1, 0.15) is 20.3 Å². The third kappa shape index (κ3) is 1.80. The van der Waals surface area contributed by atoms with Crippen LogP contribution >= 0.6 is 0 Å². The molecule has 0 saturated carbocycles. The summed E-state index contributed by atoms with van der Waals surface area (Å²) in [6.07, 6.45) is 0.924. The van der Waals surface area contributed by atoms with E-state index >= 15 is 0 Å². The molecular weight excluding hydrogens is 182 g/mol. The van der Waals surface area contributed by atoms with Crippen LogP contribution in [0.2, 0.25) is 0 Å². The third-order valence-electron chi connectivity index (χ3n) is 3.47. The Labute approximate surface area is 85.8 Å². The minimum absolute atomic E-state index is 0.138. The fourth-order valence-corrected chi connectivity index (χ4v) is 1.69. The zero-order chi connectivity index (χ0) is 10.8. The molecule has 4 nitrogen and oxygen atoms in total. The molecule has 1 rings (SSSR count). The summed E-state index contributed by atoms with van der Waals surface area (Å²) in [4.78, 5) is 2.19. The lowest BCUT2D eigenvalue weighted by Crippen LogP contribution is -2.70. The summed E-state index contributed by atoms with van der Waals surface area (Å²) >= 11 is 0. The summed E-state index contributed by atoms with van der Waals surface area (Å²) in [5.41, 5.74) is -0.138. The second-order valence-electron chi connectivity index (χ2n) is 4.18. The maximum atomic E-state index is 9.31. The third-order valence-corrected chi connectivity index (χ3v) is 3.47. The summed E-state index contributed by atoms with van der Waals surface area (Å²) in [6, 6.07) is 0. The first-order valence-electron chi connectivity index (χ1n) is 5.02. The molecule has 84 valence electrons. The lowest BCUT2D eigenvalue weighted by Gasteiger charge is -2.54. The molecule has 1 fully saturated rings. The molecule has 0 aliphatic carbocycles. The zero-order valence-corrected chi connectivity index (χ0v) is 9.54. The number of hydrogen-bond donors (Lipinski definition) is 1. The second kappa shape index (κ2) is 4.14. The lowest BCUT2D eigenvalue weighted by molar-refractivity contribution is -0.293. The van der Waals surface area contributed by atoms with Crippen molar-refractivity contribution in [2.45, 2.75) is 31.6 Å². The van der Waals surface area contributed by atoms with Gasteiger partial charge >= 0.3 is 0 Å². The Morgan fingerprint density at radius 3 is 2.14 bits per heavy atom. The van der Waals surface area contributed by atoms with Crippen molar-refractivity contribution in [1.82, 2.24) is 4.90 Å². The normalized spacial score (nSPS) is 25.5. The zero-order valence-electron chi connectivity index (χ0n) is 9.54. The fourth-order valence-electron chi connectivity index (χ4n) is 1.69. The largest absolute Gasteiger partial charge is 0.394 e. The first-order valence-corrected chi connectivity index (χ1v) is 5.02. The van der Waals surface area contributed by atoms with Gasteiger partial charge in [-0.25, -0.2) is 0 Å². The van der Waals surface area contributed by atoms with Crippen LogP contribution in [0.4, 0.5) is 0 Å². The van der Waals surface area contributed by atoms with Crippen molar-refractivity contribution in [3.8, 4) is 0 Å². The minimum atomic E-state index is -0.453. The lowest BCUT2D eigenvalue weighted by atomic mass is 9.91. The average Bonchev–Trinajstić information content (AvgIpc) is 2.17. The van der Waals surface area contributed by atoms with Crippen molar-refractivity contribution < 1.29 is 14.6 Å². The summed E-state index contributed by atoms with van der Waals surface area (Å²) < 4.78 is 10.6. The molecule has 1 saturated heterocycles. The summed E-state index contributed by atoms with van der Waals surface area (Å²) in [6.45, 7) is 5.76. The first kappa shape index (κ1) is 11.9. The number of aliphatic hydroxyl groups is 1. The van der Waals surface area contributed by atoms with Gasteiger partial charge in [-0.2, -0.15) is 0 Å². The number of aliphatic hydroxyl groups excluding tert-OH is 1. The van der Waals surface area contributed by atoms with Gasteiger partial charge < -0.3 is 14.6 Å². The summed E-state index contributed by atoms with van der Waals surface area (Å²) in [5.74, 6) is -0.453. The Kier molecular flexibility index (Phi) is 3.53. The van der Waals surface area contributed by atoms with E-state index in [1.165, 1.54) is 0 Å². The molecule has 1 N–H and O–H groups in total. The Morgan fingerprint density at radius 1 is 1.36 bits per heavy atom. The van der Waals surface area contributed by atoms with Gasteiger partial charge in [0.05, 0.1) is 19.7 Å². The van der Waals surface area contributed by atoms with Crippen molar-refractivity contribution in [1.29, 1.82) is 0 Å². The molecule has 0 aromatic heterocycles. The van der Waals surface area contributed by atoms with E-state index in [0.29, 0.717) is 0 Å². The first-order chi connectivity index (χ1) is 6.55. The number of methoxy groups -OCH3 is 2. The van der Waals surface area contributed by atoms with Gasteiger partial charge in [0.25, 0.3) is 0 Å². The number of hydrogen-bond acceptors (Lipinski definition) is 4. The predicted octanol–water partition coefficient (Wildman–Crippen LogP) is 0.452. The van der Waals surface area contributed by atoms with E-state index in [2.05, 4.69) is 18.7 Å². The highest BCUT2D eigenvalue weighted by Crippen LogP contribution is 2.33. The molecule has 1 heterocycles. The van der Waals surface area contributed by atoms with E-state index in [-0.39, 0.29) is 12.1 Å². The summed E-state index contributed by atoms with van der Waals surface area (Å²) in [5, 5.41) is 9.31. The van der Waals surface area contributed by atoms with Crippen LogP contribution in [0.15, 0.2) is 0 Å². The van der Waals surface area contributed by atoms with E-state index < -0.39 is 5.79 Å². The maximum absolute atomic E-state index is 9.31. The van der Waals surface area contributed by atoms with Gasteiger partial charge in [-0.1, -0.05) is 6.92 Å². The minimum Gasteiger partial charge on any atom is -0.394 e. The van der Waals surface area contributed by atoms with E-state index in [9.17, 15) is 5.11 Å². The SMILES string of the molecule is CCC(C)(CO)N1CC(OC)(OC)C1. The topological polar surface area (TPSA) is 41.9 Å². The number of nitrogens with zero attached hydrogens (tertiary/aromatic N) is 1. The fraction of sp³-hybridized carbons (Fsp3) is 1.00. The van der Waals surface area contributed by atoms with Gasteiger partial charge in [0.1, 0.15) is 0 Å². The molecule has 1 aliphatic rings. The highest BCUT2D eigenvalue weighted by Gasteiger charge is 2.49. The molecule has 0 radical (unpaired) electrons. The molecule has 0 bridgehead atoms. The average molecular weight is 203 g/mol. The Morgan fingerprint density at radius 2 is 1.86 bits per heavy atom. The van der Waals surface area contributed by atoms with Crippen LogP contribution in [0.25, 0.3) is 0 Å². The maximum Gasteiger partial charge on any atom is 0.193 e. The van der Waals surface area contributed by atoms with E-state index in [1.54, 1.807) is 14.2 Å². The van der Waals surface area contributed by atoms with Crippen molar-refractivity contribution in [3.05, 3.63) is 0 Å². The van der Waals surface area contributed by atoms with Crippen molar-refractivity contribution >= 4 is 0 Å². The molecule has 0 aromatic rings. The van der Waals surface area contributed by atoms with E-state index in [0.717, 1.165) is 19.5 Å². The number of likely N-dealkylation sites (tertiary alicyclic amines) is 1. The van der Waals surface area contributed by atoms with Gasteiger partial charge in [0.2, 0.25) is 0 Å². The molecule has 14 heavy (non-hydrogen) atoms. The quantitative estimate of drug-likeness (QED) is 0.659. The van der Waals surface area contributed by atoms with E-state index in [1.807, 2.05) is 0 Å². The van der Waals surface area contributed by atoms with E-state index in [4.69, 9.17) is 9.47 Å². The van der Waals surface area contributed by atoms with Crippen LogP contribution in [-0.4, -0.2) is 55.2 Å². The predicted molar refractivity (Wildman–Crippen MR) is 54.1 cm³/mol. The Balaban J connectivity index is 2.54. The molecule has 0 aromatic carbocycles. The standard InChI is InChI=1S/C10H21NO3/c1-5-9(2,8-12)11-6-10(7-11,13-3)14-4/h12H,5-8H2,1-4H3. The molecule has 1 unspecified atom stereocenters. The van der Waals surface area contributed by atoms with Crippen molar-refractivity contribution in [3.63, 3.8) is 0 Å². The van der Waals surface area contributed by atoms with Gasteiger partial charge in [-0.15, -0.1) is 0 Å². The number of rotatable bonds is 5. The van der Waals surface area contributed by atoms with Gasteiger partial charge in [-0.3, -0.25) is 4.90 Å². The van der Waals surface area contributed by atoms with Gasteiger partial charge in [0.15, 0.2) is 5.79 Å². The molecule has 0 amide bonds. The second-order valence-corrected chi connectivity index (χ2v) is 4.18. The molecule has 1 aliphatic heterocycles. The van der Waals surface area contributed by atoms with Crippen molar-refractivity contribution in [2.24, 2.45) is 0 Å². The van der Waals surface area contributed by atoms with Crippen LogP contribution in [0.3, 0.4) is 0 Å².